The van der Waals surface area contributed by atoms with Crippen molar-refractivity contribution in [1.29, 1.82) is 0 Å². The van der Waals surface area contributed by atoms with Gasteiger partial charge in [-0.05, 0) is 17.4 Å². The molecule has 2 aromatic heterocycles. The topological polar surface area (TPSA) is 83.8 Å². The Hall–Kier alpha value is -1.82. The van der Waals surface area contributed by atoms with Gasteiger partial charge in [-0.3, -0.25) is 9.89 Å². The summed E-state index contributed by atoms with van der Waals surface area (Å²) in [4.78, 5) is 13.2. The maximum absolute atomic E-state index is 12.1. The molecule has 0 saturated carbocycles. The van der Waals surface area contributed by atoms with Crippen molar-refractivity contribution < 1.29 is 4.79 Å². The highest BCUT2D eigenvalue weighted by atomic mass is 32.1. The highest BCUT2D eigenvalue weighted by Gasteiger charge is 2.21. The van der Waals surface area contributed by atoms with Gasteiger partial charge in [-0.15, -0.1) is 11.3 Å². The number of nitrogens with one attached hydrogen (secondary N) is 2. The van der Waals surface area contributed by atoms with E-state index in [-0.39, 0.29) is 11.9 Å². The Labute approximate surface area is 109 Å². The van der Waals surface area contributed by atoms with E-state index in [0.717, 1.165) is 4.88 Å². The molecule has 0 saturated heterocycles. The van der Waals surface area contributed by atoms with Crippen LogP contribution in [-0.2, 0) is 0 Å². The van der Waals surface area contributed by atoms with E-state index in [9.17, 15) is 4.79 Å². The average Bonchev–Trinajstić information content (AvgIpc) is 2.95. The summed E-state index contributed by atoms with van der Waals surface area (Å²) in [7, 11) is 0. The highest BCUT2D eigenvalue weighted by molar-refractivity contribution is 7.10. The van der Waals surface area contributed by atoms with Crippen molar-refractivity contribution >= 4 is 22.9 Å². The quantitative estimate of drug-likeness (QED) is 0.791. The van der Waals surface area contributed by atoms with E-state index in [4.69, 9.17) is 5.73 Å². The lowest BCUT2D eigenvalue weighted by Crippen LogP contribution is -2.31. The maximum Gasteiger partial charge on any atom is 0.271 e. The SMILES string of the molecule is CC(C)C(NC(=O)c1[nH]ncc1N)c1cccs1. The lowest BCUT2D eigenvalue weighted by atomic mass is 10.0. The van der Waals surface area contributed by atoms with E-state index < -0.39 is 0 Å². The van der Waals surface area contributed by atoms with Crippen molar-refractivity contribution in [2.75, 3.05) is 5.73 Å². The van der Waals surface area contributed by atoms with Crippen LogP contribution < -0.4 is 11.1 Å². The molecule has 1 atom stereocenters. The Morgan fingerprint density at radius 3 is 2.83 bits per heavy atom. The first-order valence-electron chi connectivity index (χ1n) is 5.72. The molecule has 0 fully saturated rings. The van der Waals surface area contributed by atoms with Crippen LogP contribution in [0.2, 0.25) is 0 Å². The first-order valence-corrected chi connectivity index (χ1v) is 6.60. The predicted molar refractivity (Wildman–Crippen MR) is 72.4 cm³/mol. The summed E-state index contributed by atoms with van der Waals surface area (Å²) >= 11 is 1.63. The Kier molecular flexibility index (Phi) is 3.66. The fourth-order valence-electron chi connectivity index (χ4n) is 1.73. The highest BCUT2D eigenvalue weighted by Crippen LogP contribution is 2.26. The smallest absolute Gasteiger partial charge is 0.271 e. The number of carbonyl (C=O) groups excluding carboxylic acids is 1. The molecule has 0 aliphatic carbocycles. The lowest BCUT2D eigenvalue weighted by Gasteiger charge is -2.20. The van der Waals surface area contributed by atoms with E-state index >= 15 is 0 Å². The molecule has 2 rings (SSSR count). The zero-order chi connectivity index (χ0) is 13.1. The molecule has 6 heteroatoms. The van der Waals surface area contributed by atoms with Gasteiger partial charge in [0, 0.05) is 4.88 Å². The summed E-state index contributed by atoms with van der Waals surface area (Å²) in [5.74, 6) is 0.0776. The molecule has 0 aromatic carbocycles. The molecule has 2 aromatic rings. The van der Waals surface area contributed by atoms with Crippen LogP contribution in [0.25, 0.3) is 0 Å². The third-order valence-electron chi connectivity index (χ3n) is 2.70. The van der Waals surface area contributed by atoms with E-state index in [1.807, 2.05) is 17.5 Å². The number of H-pyrrole nitrogens is 1. The number of nitrogen functional groups attached to an aromatic ring is 1. The molecule has 0 radical (unpaired) electrons. The number of thiophene rings is 1. The zero-order valence-electron chi connectivity index (χ0n) is 10.3. The molecule has 0 bridgehead atoms. The van der Waals surface area contributed by atoms with Crippen molar-refractivity contribution in [1.82, 2.24) is 15.5 Å². The van der Waals surface area contributed by atoms with E-state index in [0.29, 0.717) is 17.3 Å². The molecule has 5 nitrogen and oxygen atoms in total. The van der Waals surface area contributed by atoms with Gasteiger partial charge in [0.25, 0.3) is 5.91 Å². The van der Waals surface area contributed by atoms with Crippen molar-refractivity contribution in [2.24, 2.45) is 5.92 Å². The normalized spacial score (nSPS) is 12.6. The van der Waals surface area contributed by atoms with Crippen molar-refractivity contribution in [2.45, 2.75) is 19.9 Å². The monoisotopic (exact) mass is 264 g/mol. The maximum atomic E-state index is 12.1. The molecule has 0 aliphatic heterocycles. The molecule has 0 spiro atoms. The third-order valence-corrected chi connectivity index (χ3v) is 3.65. The van der Waals surface area contributed by atoms with Crippen molar-refractivity contribution in [3.63, 3.8) is 0 Å². The number of aromatic nitrogens is 2. The summed E-state index contributed by atoms with van der Waals surface area (Å²) in [5, 5.41) is 11.3. The van der Waals surface area contributed by atoms with E-state index in [2.05, 4.69) is 29.4 Å². The summed E-state index contributed by atoms with van der Waals surface area (Å²) in [6.45, 7) is 4.14. The molecule has 18 heavy (non-hydrogen) atoms. The second kappa shape index (κ2) is 5.22. The van der Waals surface area contributed by atoms with Crippen LogP contribution >= 0.6 is 11.3 Å². The first kappa shape index (κ1) is 12.6. The number of carbonyl (C=O) groups is 1. The molecule has 4 N–H and O–H groups in total. The second-order valence-electron chi connectivity index (χ2n) is 4.41. The molecule has 2 heterocycles. The molecular weight excluding hydrogens is 248 g/mol. The van der Waals surface area contributed by atoms with Crippen LogP contribution in [0.5, 0.6) is 0 Å². The number of nitrogens with two attached hydrogens (primary N) is 1. The van der Waals surface area contributed by atoms with Crippen LogP contribution in [0.4, 0.5) is 5.69 Å². The number of anilines is 1. The predicted octanol–water partition coefficient (Wildman–Crippen LogP) is 2.18. The van der Waals surface area contributed by atoms with Crippen LogP contribution in [0.3, 0.4) is 0 Å². The Bertz CT molecular complexity index is 518. The number of nitrogens with zero attached hydrogens (tertiary/aromatic N) is 1. The average molecular weight is 264 g/mol. The number of aromatic amines is 1. The molecule has 1 amide bonds. The largest absolute Gasteiger partial charge is 0.396 e. The zero-order valence-corrected chi connectivity index (χ0v) is 11.1. The van der Waals surface area contributed by atoms with Gasteiger partial charge in [-0.25, -0.2) is 0 Å². The van der Waals surface area contributed by atoms with Crippen LogP contribution in [0.15, 0.2) is 23.7 Å². The fourth-order valence-corrected chi connectivity index (χ4v) is 2.67. The minimum Gasteiger partial charge on any atom is -0.396 e. The van der Waals surface area contributed by atoms with Gasteiger partial charge >= 0.3 is 0 Å². The van der Waals surface area contributed by atoms with Gasteiger partial charge in [0.05, 0.1) is 17.9 Å². The molecular formula is C12H16N4OS. The van der Waals surface area contributed by atoms with Gasteiger partial charge in [0.1, 0.15) is 5.69 Å². The van der Waals surface area contributed by atoms with E-state index in [1.165, 1.54) is 6.20 Å². The number of amides is 1. The summed E-state index contributed by atoms with van der Waals surface area (Å²) in [6.07, 6.45) is 1.43. The lowest BCUT2D eigenvalue weighted by molar-refractivity contribution is 0.0922. The van der Waals surface area contributed by atoms with Gasteiger partial charge in [-0.1, -0.05) is 19.9 Å². The van der Waals surface area contributed by atoms with Gasteiger partial charge in [0.2, 0.25) is 0 Å². The second-order valence-corrected chi connectivity index (χ2v) is 5.39. The van der Waals surface area contributed by atoms with Gasteiger partial charge < -0.3 is 11.1 Å². The number of hydrogen-bond donors (Lipinski definition) is 3. The van der Waals surface area contributed by atoms with Crippen LogP contribution in [0, 0.1) is 5.92 Å². The number of rotatable bonds is 4. The molecule has 0 aliphatic rings. The molecule has 1 unspecified atom stereocenters. The third kappa shape index (κ3) is 2.53. The standard InChI is InChI=1S/C12H16N4OS/c1-7(2)10(9-4-3-5-18-9)15-12(17)11-8(13)6-14-16-11/h3-7,10H,13H2,1-2H3,(H,14,16)(H,15,17). The Morgan fingerprint density at radius 1 is 1.56 bits per heavy atom. The molecule has 96 valence electrons. The minimum absolute atomic E-state index is 0.0137. The Morgan fingerprint density at radius 2 is 2.33 bits per heavy atom. The van der Waals surface area contributed by atoms with Gasteiger partial charge in [0.15, 0.2) is 0 Å². The summed E-state index contributed by atoms with van der Waals surface area (Å²) in [5.41, 5.74) is 6.34. The van der Waals surface area contributed by atoms with E-state index in [1.54, 1.807) is 11.3 Å². The van der Waals surface area contributed by atoms with Gasteiger partial charge in [-0.2, -0.15) is 5.10 Å². The first-order chi connectivity index (χ1) is 8.59. The number of hydrogen-bond acceptors (Lipinski definition) is 4. The summed E-state index contributed by atoms with van der Waals surface area (Å²) in [6, 6.07) is 3.98. The van der Waals surface area contributed by atoms with Crippen LogP contribution in [0.1, 0.15) is 35.3 Å². The van der Waals surface area contributed by atoms with Crippen LogP contribution in [-0.4, -0.2) is 16.1 Å². The summed E-state index contributed by atoms with van der Waals surface area (Å²) < 4.78 is 0. The minimum atomic E-state index is -0.225. The van der Waals surface area contributed by atoms with Crippen molar-refractivity contribution in [3.8, 4) is 0 Å². The Balaban J connectivity index is 2.16. The van der Waals surface area contributed by atoms with Crippen molar-refractivity contribution in [3.05, 3.63) is 34.3 Å². The fraction of sp³-hybridized carbons (Fsp3) is 0.333.